The predicted octanol–water partition coefficient (Wildman–Crippen LogP) is 3.87. The van der Waals surface area contributed by atoms with Crippen molar-refractivity contribution in [3.63, 3.8) is 0 Å². The van der Waals surface area contributed by atoms with Gasteiger partial charge in [0.05, 0.1) is 23.4 Å². The predicted molar refractivity (Wildman–Crippen MR) is 114 cm³/mol. The molecule has 3 rings (SSSR count). The van der Waals surface area contributed by atoms with E-state index >= 15 is 0 Å². The van der Waals surface area contributed by atoms with E-state index in [9.17, 15) is 8.42 Å². The summed E-state index contributed by atoms with van der Waals surface area (Å²) in [6, 6.07) is 11.8. The number of hydrogen-bond acceptors (Lipinski definition) is 5. The van der Waals surface area contributed by atoms with Crippen LogP contribution in [0.2, 0.25) is 5.02 Å². The molecule has 0 bridgehead atoms. The van der Waals surface area contributed by atoms with E-state index in [1.54, 1.807) is 7.11 Å². The van der Waals surface area contributed by atoms with Crippen LogP contribution in [-0.4, -0.2) is 20.1 Å². The van der Waals surface area contributed by atoms with Crippen LogP contribution in [-0.2, 0) is 17.1 Å². The molecule has 6 nitrogen and oxygen atoms in total. The molecular weight excluding hydrogens is 474 g/mol. The molecule has 0 aliphatic carbocycles. The molecule has 0 radical (unpaired) electrons. The minimum Gasteiger partial charge on any atom is -0.497 e. The molecule has 10 heteroatoms. The monoisotopic (exact) mass is 489 g/mol. The average molecular weight is 491 g/mol. The molecule has 0 saturated heterocycles. The molecule has 0 saturated carbocycles. The van der Waals surface area contributed by atoms with Gasteiger partial charge in [0.25, 0.3) is 0 Å². The van der Waals surface area contributed by atoms with Crippen LogP contribution in [0.4, 0.5) is 5.69 Å². The van der Waals surface area contributed by atoms with E-state index in [0.717, 1.165) is 21.9 Å². The van der Waals surface area contributed by atoms with E-state index in [4.69, 9.17) is 21.5 Å². The fraction of sp³-hybridized carbons (Fsp3) is 0.118. The molecule has 1 aromatic heterocycles. The third kappa shape index (κ3) is 4.80. The maximum Gasteiger partial charge on any atom is 0.238 e. The van der Waals surface area contributed by atoms with Crippen LogP contribution < -0.4 is 14.7 Å². The Morgan fingerprint density at radius 2 is 1.85 bits per heavy atom. The highest BCUT2D eigenvalue weighted by atomic mass is 79.9. The van der Waals surface area contributed by atoms with Gasteiger partial charge in [-0.05, 0) is 42.5 Å². The Labute approximate surface area is 176 Å². The largest absolute Gasteiger partial charge is 0.497 e. The van der Waals surface area contributed by atoms with Crippen LogP contribution in [0.1, 0.15) is 0 Å². The van der Waals surface area contributed by atoms with Gasteiger partial charge in [0, 0.05) is 23.0 Å². The van der Waals surface area contributed by atoms with Crippen LogP contribution >= 0.6 is 39.9 Å². The number of thiazole rings is 1. The molecule has 27 heavy (non-hydrogen) atoms. The van der Waals surface area contributed by atoms with Crippen molar-refractivity contribution >= 4 is 55.6 Å². The average Bonchev–Trinajstić information content (AvgIpc) is 2.95. The van der Waals surface area contributed by atoms with Crippen molar-refractivity contribution in [2.45, 2.75) is 4.90 Å². The lowest BCUT2D eigenvalue weighted by molar-refractivity contribution is 0.415. The number of methoxy groups -OCH3 is 1. The van der Waals surface area contributed by atoms with E-state index in [1.807, 2.05) is 41.3 Å². The minimum absolute atomic E-state index is 0. The van der Waals surface area contributed by atoms with Gasteiger partial charge in [0.2, 0.25) is 10.0 Å². The minimum atomic E-state index is -3.81. The SMILES string of the molecule is Br.COc1ccc(N=c2scc(-c3cc(S(N)(=O)=O)ccc3Cl)n2C)cc1. The van der Waals surface area contributed by atoms with Crippen molar-refractivity contribution in [1.82, 2.24) is 4.57 Å². The lowest BCUT2D eigenvalue weighted by atomic mass is 10.2. The van der Waals surface area contributed by atoms with Gasteiger partial charge in [-0.1, -0.05) is 11.6 Å². The van der Waals surface area contributed by atoms with Gasteiger partial charge in [-0.15, -0.1) is 28.3 Å². The molecule has 0 aliphatic heterocycles. The first-order valence-electron chi connectivity index (χ1n) is 7.45. The van der Waals surface area contributed by atoms with Crippen molar-refractivity contribution in [3.05, 3.63) is 57.7 Å². The van der Waals surface area contributed by atoms with Gasteiger partial charge in [0.15, 0.2) is 4.80 Å². The molecule has 0 spiro atoms. The smallest absolute Gasteiger partial charge is 0.238 e. The lowest BCUT2D eigenvalue weighted by Crippen LogP contribution is -2.13. The van der Waals surface area contributed by atoms with Gasteiger partial charge in [-0.3, -0.25) is 0 Å². The van der Waals surface area contributed by atoms with Gasteiger partial charge < -0.3 is 9.30 Å². The van der Waals surface area contributed by atoms with E-state index in [1.165, 1.54) is 29.5 Å². The molecule has 0 fully saturated rings. The second-order valence-electron chi connectivity index (χ2n) is 5.46. The van der Waals surface area contributed by atoms with Crippen LogP contribution in [0.15, 0.2) is 57.7 Å². The standard InChI is InChI=1S/C17H16ClN3O3S2.BrH/c1-21-16(14-9-13(26(19,22)23)7-8-15(14)18)10-25-17(21)20-11-3-5-12(24-2)6-4-11;/h3-10H,1-2H3,(H2,19,22,23);1H. The molecule has 144 valence electrons. The number of sulfonamides is 1. The fourth-order valence-electron chi connectivity index (χ4n) is 2.36. The highest BCUT2D eigenvalue weighted by Gasteiger charge is 2.14. The number of benzene rings is 2. The summed E-state index contributed by atoms with van der Waals surface area (Å²) in [6.07, 6.45) is 0. The Hall–Kier alpha value is -1.65. The lowest BCUT2D eigenvalue weighted by Gasteiger charge is -2.07. The van der Waals surface area contributed by atoms with Crippen LogP contribution in [0.5, 0.6) is 5.75 Å². The van der Waals surface area contributed by atoms with Crippen molar-refractivity contribution in [2.75, 3.05) is 7.11 Å². The zero-order valence-corrected chi connectivity index (χ0v) is 18.5. The van der Waals surface area contributed by atoms with Crippen molar-refractivity contribution in [2.24, 2.45) is 17.2 Å². The number of ether oxygens (including phenoxy) is 1. The normalized spacial score (nSPS) is 11.9. The first kappa shape index (κ1) is 21.6. The van der Waals surface area contributed by atoms with Crippen LogP contribution in [0.3, 0.4) is 0 Å². The zero-order chi connectivity index (χ0) is 18.9. The number of nitrogens with zero attached hydrogens (tertiary/aromatic N) is 2. The quantitative estimate of drug-likeness (QED) is 0.602. The Bertz CT molecular complexity index is 1120. The molecule has 1 heterocycles. The highest BCUT2D eigenvalue weighted by molar-refractivity contribution is 8.93. The summed E-state index contributed by atoms with van der Waals surface area (Å²) < 4.78 is 30.2. The topological polar surface area (TPSA) is 86.7 Å². The fourth-order valence-corrected chi connectivity index (χ4v) is 4.03. The van der Waals surface area contributed by atoms with E-state index < -0.39 is 10.0 Å². The Morgan fingerprint density at radius 3 is 2.44 bits per heavy atom. The van der Waals surface area contributed by atoms with Crippen molar-refractivity contribution in [1.29, 1.82) is 0 Å². The second kappa shape index (κ2) is 8.57. The molecule has 0 amide bonds. The summed E-state index contributed by atoms with van der Waals surface area (Å²) in [7, 11) is -0.361. The number of primary sulfonamides is 1. The van der Waals surface area contributed by atoms with Crippen molar-refractivity contribution < 1.29 is 13.2 Å². The summed E-state index contributed by atoms with van der Waals surface area (Å²) in [4.78, 5) is 5.35. The third-order valence-corrected chi connectivity index (χ3v) is 5.92. The molecule has 0 aliphatic rings. The van der Waals surface area contributed by atoms with Gasteiger partial charge in [0.1, 0.15) is 5.75 Å². The number of rotatable bonds is 4. The Kier molecular flexibility index (Phi) is 6.87. The van der Waals surface area contributed by atoms with E-state index in [-0.39, 0.29) is 21.9 Å². The number of nitrogens with two attached hydrogens (primary N) is 1. The highest BCUT2D eigenvalue weighted by Crippen LogP contribution is 2.30. The van der Waals surface area contributed by atoms with Gasteiger partial charge >= 0.3 is 0 Å². The Balaban J connectivity index is 0.00000261. The molecule has 2 N–H and O–H groups in total. The maximum atomic E-state index is 11.6. The van der Waals surface area contributed by atoms with E-state index in [2.05, 4.69) is 4.99 Å². The van der Waals surface area contributed by atoms with Crippen LogP contribution in [0.25, 0.3) is 11.3 Å². The first-order valence-corrected chi connectivity index (χ1v) is 10.3. The molecule has 0 unspecified atom stereocenters. The molecule has 0 atom stereocenters. The number of hydrogen-bond donors (Lipinski definition) is 1. The van der Waals surface area contributed by atoms with Crippen molar-refractivity contribution in [3.8, 4) is 17.0 Å². The maximum absolute atomic E-state index is 11.6. The van der Waals surface area contributed by atoms with E-state index in [0.29, 0.717) is 10.6 Å². The number of aromatic nitrogens is 1. The molecule has 2 aromatic carbocycles. The summed E-state index contributed by atoms with van der Waals surface area (Å²) in [5.74, 6) is 0.756. The first-order chi connectivity index (χ1) is 12.3. The van der Waals surface area contributed by atoms with Gasteiger partial charge in [-0.2, -0.15) is 0 Å². The summed E-state index contributed by atoms with van der Waals surface area (Å²) >= 11 is 7.69. The Morgan fingerprint density at radius 1 is 1.19 bits per heavy atom. The molecule has 3 aromatic rings. The zero-order valence-electron chi connectivity index (χ0n) is 14.4. The molecular formula is C17H17BrClN3O3S2. The summed E-state index contributed by atoms with van der Waals surface area (Å²) in [5.41, 5.74) is 2.10. The van der Waals surface area contributed by atoms with Gasteiger partial charge in [-0.25, -0.2) is 18.5 Å². The third-order valence-electron chi connectivity index (χ3n) is 3.76. The van der Waals surface area contributed by atoms with Crippen LogP contribution in [0, 0.1) is 0 Å². The summed E-state index contributed by atoms with van der Waals surface area (Å²) in [5, 5.41) is 7.52. The second-order valence-corrected chi connectivity index (χ2v) is 8.26. The number of halogens is 2. The summed E-state index contributed by atoms with van der Waals surface area (Å²) in [6.45, 7) is 0.